The van der Waals surface area contributed by atoms with Crippen LogP contribution in [0.5, 0.6) is 0 Å². The van der Waals surface area contributed by atoms with Gasteiger partial charge in [-0.15, -0.1) is 0 Å². The van der Waals surface area contributed by atoms with Crippen molar-refractivity contribution in [3.63, 3.8) is 0 Å². The summed E-state index contributed by atoms with van der Waals surface area (Å²) in [4.78, 5) is 2.62. The fraction of sp³-hybridized carbons (Fsp3) is 0.375. The third-order valence-corrected chi connectivity index (χ3v) is 15.2. The monoisotopic (exact) mass is 637 g/mol. The molecule has 0 saturated heterocycles. The molecule has 6 aliphatic carbocycles. The Morgan fingerprint density at radius 2 is 1.24 bits per heavy atom. The molecule has 6 unspecified atom stereocenters. The first kappa shape index (κ1) is 28.7. The van der Waals surface area contributed by atoms with Gasteiger partial charge in [0.25, 0.3) is 0 Å². The predicted octanol–water partition coefficient (Wildman–Crippen LogP) is 12.5. The van der Waals surface area contributed by atoms with Crippen molar-refractivity contribution in [2.24, 2.45) is 29.1 Å². The van der Waals surface area contributed by atoms with Gasteiger partial charge in [0.15, 0.2) is 0 Å². The topological polar surface area (TPSA) is 3.24 Å². The Kier molecular flexibility index (Phi) is 5.49. The second kappa shape index (κ2) is 9.36. The molecule has 2 spiro atoms. The summed E-state index contributed by atoms with van der Waals surface area (Å²) in [6.45, 7) is 9.85. The van der Waals surface area contributed by atoms with Gasteiger partial charge in [0, 0.05) is 16.8 Å². The highest BCUT2D eigenvalue weighted by Crippen LogP contribution is 2.89. The van der Waals surface area contributed by atoms with Crippen LogP contribution in [-0.2, 0) is 16.2 Å². The molecule has 0 N–H and O–H groups in total. The molecule has 244 valence electrons. The van der Waals surface area contributed by atoms with E-state index >= 15 is 0 Å². The number of nitrogens with zero attached hydrogens (tertiary/aromatic N) is 1. The van der Waals surface area contributed by atoms with E-state index in [9.17, 15) is 0 Å². The van der Waals surface area contributed by atoms with E-state index in [1.54, 1.807) is 11.1 Å². The Hall–Kier alpha value is -4.10. The zero-order chi connectivity index (χ0) is 32.9. The average molecular weight is 638 g/mol. The van der Waals surface area contributed by atoms with Gasteiger partial charge in [-0.1, -0.05) is 107 Å². The van der Waals surface area contributed by atoms with Crippen LogP contribution in [0, 0.1) is 29.1 Å². The summed E-state index contributed by atoms with van der Waals surface area (Å²) in [5.74, 6) is 3.47. The van der Waals surface area contributed by atoms with Gasteiger partial charge in [0.05, 0.1) is 5.69 Å². The zero-order valence-corrected chi connectivity index (χ0v) is 29.5. The first-order chi connectivity index (χ1) is 23.7. The molecule has 4 fully saturated rings. The van der Waals surface area contributed by atoms with E-state index in [0.717, 1.165) is 23.7 Å². The number of rotatable bonds is 4. The number of hydrogen-bond donors (Lipinski definition) is 0. The standard InChI is InChI=1S/C48H47N/c1-45(2)22-23-46(3,4)44-38(45)16-11-17-41(44)49(34-14-9-6-10-15-34)35-19-21-37-36-20-18-32(31-12-7-5-8-13-31)26-39(36)48(40(37)28-35)42-25-30-24-33-27-43(48)47(33,42)29-30/h5-21,26,28,30,33,42-43H,22-25,27,29H2,1-4H3. The fourth-order valence-electron chi connectivity index (χ4n) is 13.2. The van der Waals surface area contributed by atoms with Crippen molar-refractivity contribution in [1.29, 1.82) is 0 Å². The lowest BCUT2D eigenvalue weighted by Gasteiger charge is -2.76. The minimum atomic E-state index is 0.0981. The number of fused-ring (bicyclic) bond motifs is 9. The van der Waals surface area contributed by atoms with Crippen molar-refractivity contribution in [1.82, 2.24) is 0 Å². The third-order valence-electron chi connectivity index (χ3n) is 15.2. The van der Waals surface area contributed by atoms with E-state index in [2.05, 4.69) is 148 Å². The van der Waals surface area contributed by atoms with Gasteiger partial charge < -0.3 is 4.90 Å². The molecule has 0 radical (unpaired) electrons. The minimum absolute atomic E-state index is 0.0981. The van der Waals surface area contributed by atoms with E-state index in [4.69, 9.17) is 0 Å². The zero-order valence-electron chi connectivity index (χ0n) is 29.5. The Morgan fingerprint density at radius 3 is 2.02 bits per heavy atom. The van der Waals surface area contributed by atoms with E-state index in [0.29, 0.717) is 5.41 Å². The van der Waals surface area contributed by atoms with Crippen LogP contribution in [0.3, 0.4) is 0 Å². The molecule has 49 heavy (non-hydrogen) atoms. The lowest BCUT2D eigenvalue weighted by Crippen LogP contribution is -2.73. The second-order valence-corrected chi connectivity index (χ2v) is 18.1. The molecule has 1 heteroatoms. The highest BCUT2D eigenvalue weighted by molar-refractivity contribution is 5.89. The largest absolute Gasteiger partial charge is 0.310 e. The van der Waals surface area contributed by atoms with E-state index < -0.39 is 0 Å². The average Bonchev–Trinajstić information content (AvgIpc) is 3.74. The van der Waals surface area contributed by atoms with Crippen molar-refractivity contribution in [2.45, 2.75) is 82.5 Å². The molecule has 6 atom stereocenters. The molecule has 0 heterocycles. The summed E-state index contributed by atoms with van der Waals surface area (Å²) >= 11 is 0. The molecule has 4 saturated carbocycles. The highest BCUT2D eigenvalue weighted by Gasteiger charge is 2.84. The summed E-state index contributed by atoms with van der Waals surface area (Å²) in [7, 11) is 0. The van der Waals surface area contributed by atoms with E-state index in [-0.39, 0.29) is 16.2 Å². The van der Waals surface area contributed by atoms with Crippen LogP contribution in [0.25, 0.3) is 22.3 Å². The third kappa shape index (κ3) is 3.43. The van der Waals surface area contributed by atoms with Crippen LogP contribution >= 0.6 is 0 Å². The first-order valence-electron chi connectivity index (χ1n) is 19.1. The normalized spacial score (nSPS) is 31.3. The summed E-state index contributed by atoms with van der Waals surface area (Å²) < 4.78 is 0. The molecular weight excluding hydrogens is 591 g/mol. The molecule has 5 aromatic rings. The van der Waals surface area contributed by atoms with E-state index in [1.807, 2.05) is 0 Å². The van der Waals surface area contributed by atoms with Crippen LogP contribution in [-0.4, -0.2) is 0 Å². The van der Waals surface area contributed by atoms with Crippen molar-refractivity contribution < 1.29 is 0 Å². The maximum absolute atomic E-state index is 2.68. The fourth-order valence-corrected chi connectivity index (χ4v) is 13.2. The Morgan fingerprint density at radius 1 is 0.551 bits per heavy atom. The summed E-state index contributed by atoms with van der Waals surface area (Å²) in [5, 5.41) is 0. The predicted molar refractivity (Wildman–Crippen MR) is 203 cm³/mol. The van der Waals surface area contributed by atoms with Crippen molar-refractivity contribution in [2.75, 3.05) is 4.90 Å². The maximum Gasteiger partial charge on any atom is 0.0502 e. The quantitative estimate of drug-likeness (QED) is 0.189. The number of anilines is 3. The second-order valence-electron chi connectivity index (χ2n) is 18.1. The van der Waals surface area contributed by atoms with Crippen molar-refractivity contribution in [3.8, 4) is 22.3 Å². The molecule has 0 amide bonds. The van der Waals surface area contributed by atoms with Crippen LogP contribution < -0.4 is 4.90 Å². The van der Waals surface area contributed by atoms with Gasteiger partial charge in [-0.05, 0) is 159 Å². The summed E-state index contributed by atoms with van der Waals surface area (Å²) in [6.07, 6.45) is 8.26. The molecule has 2 bridgehead atoms. The van der Waals surface area contributed by atoms with Gasteiger partial charge in [-0.3, -0.25) is 0 Å². The van der Waals surface area contributed by atoms with Crippen molar-refractivity contribution in [3.05, 3.63) is 138 Å². The SMILES string of the molecule is CC1(C)CCC(C)(C)c2c(N(c3ccccc3)c3ccc4c(c3)C3(c5cc(-c6ccccc6)ccc5-4)C4CC5CC6CC3C64C5)cccc21. The molecule has 0 aliphatic heterocycles. The van der Waals surface area contributed by atoms with Gasteiger partial charge >= 0.3 is 0 Å². The molecule has 0 aromatic heterocycles. The molecule has 5 aromatic carbocycles. The summed E-state index contributed by atoms with van der Waals surface area (Å²) in [5.41, 5.74) is 16.9. The Labute approximate surface area is 292 Å². The number of benzene rings is 5. The van der Waals surface area contributed by atoms with E-state index in [1.165, 1.54) is 89.0 Å². The van der Waals surface area contributed by atoms with Gasteiger partial charge in [0.1, 0.15) is 0 Å². The van der Waals surface area contributed by atoms with Gasteiger partial charge in [-0.2, -0.15) is 0 Å². The maximum atomic E-state index is 2.68. The van der Waals surface area contributed by atoms with Crippen LogP contribution in [0.15, 0.2) is 115 Å². The van der Waals surface area contributed by atoms with Crippen LogP contribution in [0.4, 0.5) is 17.1 Å². The summed E-state index contributed by atoms with van der Waals surface area (Å²) in [6, 6.07) is 44.6. The molecule has 11 rings (SSSR count). The van der Waals surface area contributed by atoms with Crippen LogP contribution in [0.2, 0.25) is 0 Å². The lowest BCUT2D eigenvalue weighted by molar-refractivity contribution is -0.231. The Balaban J connectivity index is 1.14. The van der Waals surface area contributed by atoms with Crippen molar-refractivity contribution >= 4 is 17.1 Å². The number of para-hydroxylation sites is 1. The van der Waals surface area contributed by atoms with Crippen LogP contribution in [0.1, 0.15) is 88.5 Å². The van der Waals surface area contributed by atoms with Gasteiger partial charge in [-0.25, -0.2) is 0 Å². The smallest absolute Gasteiger partial charge is 0.0502 e. The van der Waals surface area contributed by atoms with Gasteiger partial charge in [0.2, 0.25) is 0 Å². The minimum Gasteiger partial charge on any atom is -0.310 e. The molecular formula is C48H47N. The Bertz CT molecular complexity index is 2170. The first-order valence-corrected chi connectivity index (χ1v) is 19.1. The molecule has 1 nitrogen and oxygen atoms in total. The molecule has 6 aliphatic rings. The number of hydrogen-bond acceptors (Lipinski definition) is 1. The highest BCUT2D eigenvalue weighted by atomic mass is 15.1. The lowest BCUT2D eigenvalue weighted by atomic mass is 9.27.